The summed E-state index contributed by atoms with van der Waals surface area (Å²) in [5.74, 6) is 0. The zero-order chi connectivity index (χ0) is 14.5. The van der Waals surface area contributed by atoms with Crippen LogP contribution in [0.4, 0.5) is 0 Å². The van der Waals surface area contributed by atoms with E-state index in [1.807, 2.05) is 0 Å². The predicted molar refractivity (Wildman–Crippen MR) is 101 cm³/mol. The second-order valence-corrected chi connectivity index (χ2v) is 7.76. The Kier molecular flexibility index (Phi) is 10.3. The molecule has 1 aliphatic rings. The Morgan fingerprint density at radius 1 is 1.14 bits per heavy atom. The van der Waals surface area contributed by atoms with Crippen LogP contribution >= 0.6 is 24.8 Å². The molecule has 0 spiro atoms. The van der Waals surface area contributed by atoms with Crippen LogP contribution < -0.4 is 0 Å². The van der Waals surface area contributed by atoms with E-state index in [4.69, 9.17) is 0 Å². The fourth-order valence-corrected chi connectivity index (χ4v) is 2.58. The predicted octanol–water partition coefficient (Wildman–Crippen LogP) is 6.27. The van der Waals surface area contributed by atoms with E-state index < -0.39 is 0 Å². The molecule has 118 valence electrons. The summed E-state index contributed by atoms with van der Waals surface area (Å²) in [5, 5.41) is 2.75. The van der Waals surface area contributed by atoms with Crippen molar-refractivity contribution < 1.29 is 24.2 Å². The third-order valence-corrected chi connectivity index (χ3v) is 3.42. The molecule has 0 saturated heterocycles. The summed E-state index contributed by atoms with van der Waals surface area (Å²) < 4.78 is 1.51. The quantitative estimate of drug-likeness (QED) is 0.509. The van der Waals surface area contributed by atoms with Crippen LogP contribution in [0.1, 0.15) is 39.2 Å². The van der Waals surface area contributed by atoms with Crippen LogP contribution in [0.5, 0.6) is 0 Å². The number of hydrogen-bond donors (Lipinski definition) is 0. The van der Waals surface area contributed by atoms with Crippen LogP contribution in [-0.4, -0.2) is 3.21 Å². The fourth-order valence-electron chi connectivity index (χ4n) is 2.58. The SMILES string of the molecule is CCC1=C([c-]2ccc3ccccc32)CC=C1.C[C](C)=[Zr].Cl.Cl. The normalized spacial score (nSPS) is 12.3. The summed E-state index contributed by atoms with van der Waals surface area (Å²) in [5.41, 5.74) is 4.44. The van der Waals surface area contributed by atoms with Crippen molar-refractivity contribution in [1.82, 2.24) is 0 Å². The number of halogens is 2. The van der Waals surface area contributed by atoms with Crippen LogP contribution in [0.25, 0.3) is 16.3 Å². The Morgan fingerprint density at radius 3 is 2.41 bits per heavy atom. The smallest absolute Gasteiger partial charge is 0.147 e. The Labute approximate surface area is 161 Å². The summed E-state index contributed by atoms with van der Waals surface area (Å²) in [6.45, 7) is 6.48. The minimum atomic E-state index is 0. The monoisotopic (exact) mass is 411 g/mol. The summed E-state index contributed by atoms with van der Waals surface area (Å²) in [6, 6.07) is 13.1. The van der Waals surface area contributed by atoms with E-state index in [2.05, 4.69) is 69.3 Å². The van der Waals surface area contributed by atoms with Gasteiger partial charge >= 0.3 is 41.3 Å². The van der Waals surface area contributed by atoms with Crippen molar-refractivity contribution in [3.63, 3.8) is 0 Å². The van der Waals surface area contributed by atoms with Crippen molar-refractivity contribution >= 4 is 44.4 Å². The molecule has 0 saturated carbocycles. The number of rotatable bonds is 2. The maximum absolute atomic E-state index is 2.27. The molecule has 0 nitrogen and oxygen atoms in total. The second-order valence-electron chi connectivity index (χ2n) is 5.30. The first-order valence-electron chi connectivity index (χ1n) is 7.18. The molecular formula is C19H23Cl2Zr-. The van der Waals surface area contributed by atoms with Crippen molar-refractivity contribution in [2.45, 2.75) is 33.6 Å². The molecule has 0 bridgehead atoms. The average Bonchev–Trinajstić information content (AvgIpc) is 3.03. The van der Waals surface area contributed by atoms with Gasteiger partial charge in [-0.1, -0.05) is 54.8 Å². The molecule has 0 heterocycles. The molecular weight excluding hydrogens is 390 g/mol. The van der Waals surface area contributed by atoms with E-state index in [1.54, 1.807) is 24.2 Å². The molecule has 0 radical (unpaired) electrons. The van der Waals surface area contributed by atoms with Crippen molar-refractivity contribution in [1.29, 1.82) is 0 Å². The first-order chi connectivity index (χ1) is 9.63. The summed E-state index contributed by atoms with van der Waals surface area (Å²) in [7, 11) is 0. The van der Waals surface area contributed by atoms with Crippen molar-refractivity contribution in [3.8, 4) is 0 Å². The largest absolute Gasteiger partial charge is 0.147 e. The number of benzene rings is 1. The van der Waals surface area contributed by atoms with E-state index in [9.17, 15) is 0 Å². The van der Waals surface area contributed by atoms with Crippen molar-refractivity contribution in [3.05, 3.63) is 59.7 Å². The van der Waals surface area contributed by atoms with Gasteiger partial charge in [0.15, 0.2) is 0 Å². The van der Waals surface area contributed by atoms with E-state index in [0.717, 1.165) is 12.8 Å². The van der Waals surface area contributed by atoms with Gasteiger partial charge < -0.3 is 0 Å². The molecule has 2 aromatic carbocycles. The number of allylic oxidation sites excluding steroid dienone is 4. The van der Waals surface area contributed by atoms with Crippen molar-refractivity contribution in [2.24, 2.45) is 0 Å². The molecule has 1 aliphatic carbocycles. The van der Waals surface area contributed by atoms with Gasteiger partial charge in [0.2, 0.25) is 0 Å². The van der Waals surface area contributed by atoms with E-state index in [-0.39, 0.29) is 24.8 Å². The summed E-state index contributed by atoms with van der Waals surface area (Å²) in [4.78, 5) is 0. The molecule has 3 heteroatoms. The van der Waals surface area contributed by atoms with Gasteiger partial charge in [-0.05, 0) is 6.42 Å². The number of hydrogen-bond acceptors (Lipinski definition) is 0. The fraction of sp³-hybridized carbons (Fsp3) is 0.263. The van der Waals surface area contributed by atoms with Gasteiger partial charge in [-0.3, -0.25) is 0 Å². The van der Waals surface area contributed by atoms with Crippen LogP contribution in [0, 0.1) is 0 Å². The van der Waals surface area contributed by atoms with E-state index in [1.165, 1.54) is 30.7 Å². The van der Waals surface area contributed by atoms with Gasteiger partial charge in [0.25, 0.3) is 0 Å². The van der Waals surface area contributed by atoms with E-state index in [0.29, 0.717) is 0 Å². The summed E-state index contributed by atoms with van der Waals surface area (Å²) in [6.07, 6.45) is 6.77. The van der Waals surface area contributed by atoms with Gasteiger partial charge in [-0.2, -0.15) is 0 Å². The molecule has 0 aliphatic heterocycles. The standard InChI is InChI=1S/C16H15.C3H6.2ClH.Zr/c1-2-12-7-5-9-14(12)16-11-10-13-6-3-4-8-15(13)16;1-3-2;;;/h3-8,10-11H,2,9H2,1H3;1-2H3;2*1H;/q-1;;;;. The Balaban J connectivity index is 0.000000665. The molecule has 22 heavy (non-hydrogen) atoms. The zero-order valence-corrected chi connectivity index (χ0v) is 17.4. The van der Waals surface area contributed by atoms with Gasteiger partial charge in [-0.25, -0.2) is 0 Å². The first-order valence-corrected chi connectivity index (χ1v) is 8.41. The van der Waals surface area contributed by atoms with Crippen LogP contribution in [0.3, 0.4) is 0 Å². The second kappa shape index (κ2) is 10.4. The molecule has 0 N–H and O–H groups in total. The Morgan fingerprint density at radius 2 is 1.77 bits per heavy atom. The van der Waals surface area contributed by atoms with Crippen molar-refractivity contribution in [2.75, 3.05) is 0 Å². The Hall–Kier alpha value is -0.357. The molecule has 2 aromatic rings. The molecule has 0 aromatic heterocycles. The molecule has 0 unspecified atom stereocenters. The third kappa shape index (κ3) is 5.37. The summed E-state index contributed by atoms with van der Waals surface area (Å²) >= 11 is 1.55. The van der Waals surface area contributed by atoms with Gasteiger partial charge in [0.1, 0.15) is 0 Å². The van der Waals surface area contributed by atoms with Gasteiger partial charge in [0, 0.05) is 0 Å². The zero-order valence-electron chi connectivity index (χ0n) is 13.3. The molecule has 0 amide bonds. The van der Waals surface area contributed by atoms with Gasteiger partial charge in [0.05, 0.1) is 0 Å². The maximum Gasteiger partial charge on any atom is -0.147 e. The maximum atomic E-state index is 2.27. The van der Waals surface area contributed by atoms with Crippen LogP contribution in [0.15, 0.2) is 54.1 Å². The minimum absolute atomic E-state index is 0. The third-order valence-electron chi connectivity index (χ3n) is 3.42. The molecule has 0 fully saturated rings. The number of fused-ring (bicyclic) bond motifs is 1. The van der Waals surface area contributed by atoms with E-state index >= 15 is 0 Å². The minimum Gasteiger partial charge on any atom is -0.147 e. The molecule has 3 rings (SSSR count). The van der Waals surface area contributed by atoms with Crippen LogP contribution in [0.2, 0.25) is 0 Å². The first kappa shape index (κ1) is 21.6. The topological polar surface area (TPSA) is 0 Å². The average molecular weight is 414 g/mol. The Bertz CT molecular complexity index is 674. The molecule has 0 atom stereocenters. The van der Waals surface area contributed by atoms with Gasteiger partial charge in [-0.15, -0.1) is 59.4 Å². The van der Waals surface area contributed by atoms with Crippen LogP contribution in [-0.2, 0) is 24.2 Å².